The van der Waals surface area contributed by atoms with E-state index < -0.39 is 0 Å². The minimum Gasteiger partial charge on any atom is -0.462 e. The summed E-state index contributed by atoms with van der Waals surface area (Å²) in [5.41, 5.74) is 8.93. The SMILES string of the molecule is CCOC(=O)c1ccc(NCc2ccccc2)c(N)c1. The Morgan fingerprint density at radius 2 is 1.95 bits per heavy atom. The van der Waals surface area contributed by atoms with Gasteiger partial charge < -0.3 is 15.8 Å². The second kappa shape index (κ2) is 6.61. The molecule has 0 aromatic heterocycles. The molecule has 4 heteroatoms. The summed E-state index contributed by atoms with van der Waals surface area (Å²) >= 11 is 0. The molecule has 2 aromatic carbocycles. The molecule has 0 atom stereocenters. The highest BCUT2D eigenvalue weighted by molar-refractivity contribution is 5.91. The predicted octanol–water partition coefficient (Wildman–Crippen LogP) is 3.06. The van der Waals surface area contributed by atoms with Gasteiger partial charge in [-0.2, -0.15) is 0 Å². The van der Waals surface area contributed by atoms with E-state index in [2.05, 4.69) is 5.32 Å². The normalized spacial score (nSPS) is 10.1. The van der Waals surface area contributed by atoms with Crippen molar-refractivity contribution in [2.75, 3.05) is 17.7 Å². The van der Waals surface area contributed by atoms with E-state index in [-0.39, 0.29) is 5.97 Å². The largest absolute Gasteiger partial charge is 0.462 e. The minimum absolute atomic E-state index is 0.353. The Bertz CT molecular complexity index is 582. The van der Waals surface area contributed by atoms with Crippen molar-refractivity contribution in [3.8, 4) is 0 Å². The second-order valence-corrected chi connectivity index (χ2v) is 4.36. The van der Waals surface area contributed by atoms with Crippen molar-refractivity contribution in [1.29, 1.82) is 0 Å². The number of nitrogens with one attached hydrogen (secondary N) is 1. The highest BCUT2D eigenvalue weighted by Crippen LogP contribution is 2.21. The molecule has 0 radical (unpaired) electrons. The Hall–Kier alpha value is -2.49. The number of hydrogen-bond donors (Lipinski definition) is 2. The molecule has 0 saturated carbocycles. The average Bonchev–Trinajstić information content (AvgIpc) is 2.47. The number of nitrogens with two attached hydrogens (primary N) is 1. The van der Waals surface area contributed by atoms with Gasteiger partial charge in [0.15, 0.2) is 0 Å². The molecule has 2 aromatic rings. The van der Waals surface area contributed by atoms with Gasteiger partial charge in [0.2, 0.25) is 0 Å². The number of carbonyl (C=O) groups is 1. The number of esters is 1. The molecule has 0 saturated heterocycles. The zero-order valence-electron chi connectivity index (χ0n) is 11.4. The van der Waals surface area contributed by atoms with Gasteiger partial charge in [-0.25, -0.2) is 4.79 Å². The third-order valence-corrected chi connectivity index (χ3v) is 2.89. The Kier molecular flexibility index (Phi) is 4.60. The Morgan fingerprint density at radius 1 is 1.20 bits per heavy atom. The van der Waals surface area contributed by atoms with E-state index >= 15 is 0 Å². The van der Waals surface area contributed by atoms with Crippen LogP contribution in [0.1, 0.15) is 22.8 Å². The number of nitrogen functional groups attached to an aromatic ring is 1. The first-order valence-electron chi connectivity index (χ1n) is 6.55. The predicted molar refractivity (Wildman–Crippen MR) is 80.6 cm³/mol. The lowest BCUT2D eigenvalue weighted by molar-refractivity contribution is 0.0526. The second-order valence-electron chi connectivity index (χ2n) is 4.36. The fourth-order valence-corrected chi connectivity index (χ4v) is 1.86. The van der Waals surface area contributed by atoms with Crippen LogP contribution in [0.2, 0.25) is 0 Å². The number of anilines is 2. The number of rotatable bonds is 5. The Labute approximate surface area is 118 Å². The number of benzene rings is 2. The van der Waals surface area contributed by atoms with E-state index in [4.69, 9.17) is 10.5 Å². The van der Waals surface area contributed by atoms with Crippen LogP contribution in [0.5, 0.6) is 0 Å². The first-order valence-corrected chi connectivity index (χ1v) is 6.55. The number of carbonyl (C=O) groups excluding carboxylic acids is 1. The number of hydrogen-bond acceptors (Lipinski definition) is 4. The molecule has 104 valence electrons. The molecular formula is C16H18N2O2. The first kappa shape index (κ1) is 13.9. The maximum atomic E-state index is 11.6. The van der Waals surface area contributed by atoms with Gasteiger partial charge in [0.05, 0.1) is 23.5 Å². The van der Waals surface area contributed by atoms with Crippen LogP contribution in [0.25, 0.3) is 0 Å². The fourth-order valence-electron chi connectivity index (χ4n) is 1.86. The highest BCUT2D eigenvalue weighted by Gasteiger charge is 2.08. The first-order chi connectivity index (χ1) is 9.70. The van der Waals surface area contributed by atoms with E-state index in [9.17, 15) is 4.79 Å². The molecule has 4 nitrogen and oxygen atoms in total. The van der Waals surface area contributed by atoms with E-state index in [0.29, 0.717) is 24.4 Å². The van der Waals surface area contributed by atoms with Crippen LogP contribution in [0.15, 0.2) is 48.5 Å². The van der Waals surface area contributed by atoms with E-state index in [1.165, 1.54) is 5.56 Å². The summed E-state index contributed by atoms with van der Waals surface area (Å²) < 4.78 is 4.94. The fraction of sp³-hybridized carbons (Fsp3) is 0.188. The molecule has 3 N–H and O–H groups in total. The molecule has 0 aliphatic carbocycles. The molecule has 2 rings (SSSR count). The highest BCUT2D eigenvalue weighted by atomic mass is 16.5. The quantitative estimate of drug-likeness (QED) is 0.647. The Balaban J connectivity index is 2.04. The summed E-state index contributed by atoms with van der Waals surface area (Å²) in [6.07, 6.45) is 0. The lowest BCUT2D eigenvalue weighted by atomic mass is 10.1. The van der Waals surface area contributed by atoms with E-state index in [1.54, 1.807) is 25.1 Å². The maximum Gasteiger partial charge on any atom is 0.338 e. The summed E-state index contributed by atoms with van der Waals surface area (Å²) in [7, 11) is 0. The van der Waals surface area contributed by atoms with Crippen molar-refractivity contribution in [2.45, 2.75) is 13.5 Å². The summed E-state index contributed by atoms with van der Waals surface area (Å²) in [5, 5.41) is 3.25. The number of ether oxygens (including phenoxy) is 1. The van der Waals surface area contributed by atoms with Gasteiger partial charge in [0.25, 0.3) is 0 Å². The van der Waals surface area contributed by atoms with Crippen LogP contribution in [-0.2, 0) is 11.3 Å². The van der Waals surface area contributed by atoms with Crippen molar-refractivity contribution >= 4 is 17.3 Å². The Morgan fingerprint density at radius 3 is 2.60 bits per heavy atom. The van der Waals surface area contributed by atoms with Gasteiger partial charge >= 0.3 is 5.97 Å². The molecule has 0 bridgehead atoms. The van der Waals surface area contributed by atoms with Crippen LogP contribution in [-0.4, -0.2) is 12.6 Å². The summed E-state index contributed by atoms with van der Waals surface area (Å²) in [5.74, 6) is -0.353. The van der Waals surface area contributed by atoms with Crippen LogP contribution in [0.3, 0.4) is 0 Å². The molecule has 0 unspecified atom stereocenters. The third-order valence-electron chi connectivity index (χ3n) is 2.89. The summed E-state index contributed by atoms with van der Waals surface area (Å²) in [6.45, 7) is 2.81. The average molecular weight is 270 g/mol. The monoisotopic (exact) mass is 270 g/mol. The van der Waals surface area contributed by atoms with E-state index in [1.807, 2.05) is 30.3 Å². The molecule has 0 aliphatic heterocycles. The van der Waals surface area contributed by atoms with Crippen molar-refractivity contribution in [3.63, 3.8) is 0 Å². The molecule has 0 spiro atoms. The van der Waals surface area contributed by atoms with Gasteiger partial charge in [0.1, 0.15) is 0 Å². The third kappa shape index (κ3) is 3.51. The van der Waals surface area contributed by atoms with Gasteiger partial charge in [-0.15, -0.1) is 0 Å². The molecule has 20 heavy (non-hydrogen) atoms. The summed E-state index contributed by atoms with van der Waals surface area (Å²) in [4.78, 5) is 11.6. The van der Waals surface area contributed by atoms with Crippen LogP contribution < -0.4 is 11.1 Å². The maximum absolute atomic E-state index is 11.6. The van der Waals surface area contributed by atoms with Gasteiger partial charge in [-0.3, -0.25) is 0 Å². The van der Waals surface area contributed by atoms with Gasteiger partial charge in [-0.05, 0) is 30.7 Å². The molecule has 0 fully saturated rings. The van der Waals surface area contributed by atoms with Crippen molar-refractivity contribution < 1.29 is 9.53 Å². The smallest absolute Gasteiger partial charge is 0.338 e. The van der Waals surface area contributed by atoms with Crippen LogP contribution in [0, 0.1) is 0 Å². The zero-order chi connectivity index (χ0) is 14.4. The molecule has 0 aliphatic rings. The van der Waals surface area contributed by atoms with Crippen LogP contribution in [0.4, 0.5) is 11.4 Å². The van der Waals surface area contributed by atoms with E-state index in [0.717, 1.165) is 5.69 Å². The lowest BCUT2D eigenvalue weighted by Gasteiger charge is -2.10. The van der Waals surface area contributed by atoms with Crippen LogP contribution >= 0.6 is 0 Å². The lowest BCUT2D eigenvalue weighted by Crippen LogP contribution is -2.07. The molecule has 0 heterocycles. The standard InChI is InChI=1S/C16H18N2O2/c1-2-20-16(19)13-8-9-15(14(17)10-13)18-11-12-6-4-3-5-7-12/h3-10,18H,2,11,17H2,1H3. The van der Waals surface area contributed by atoms with Crippen molar-refractivity contribution in [3.05, 3.63) is 59.7 Å². The topological polar surface area (TPSA) is 64.3 Å². The van der Waals surface area contributed by atoms with Crippen molar-refractivity contribution in [2.24, 2.45) is 0 Å². The zero-order valence-corrected chi connectivity index (χ0v) is 11.4. The van der Waals surface area contributed by atoms with Gasteiger partial charge in [-0.1, -0.05) is 30.3 Å². The minimum atomic E-state index is -0.353. The van der Waals surface area contributed by atoms with Crippen molar-refractivity contribution in [1.82, 2.24) is 0 Å². The molecular weight excluding hydrogens is 252 g/mol. The van der Waals surface area contributed by atoms with Gasteiger partial charge in [0, 0.05) is 6.54 Å². The summed E-state index contributed by atoms with van der Waals surface area (Å²) in [6, 6.07) is 15.2. The molecule has 0 amide bonds.